The summed E-state index contributed by atoms with van der Waals surface area (Å²) in [6, 6.07) is 0. The molecule has 44 valence electrons. The van der Waals surface area contributed by atoms with Gasteiger partial charge in [-0.05, 0) is 11.6 Å². The van der Waals surface area contributed by atoms with Crippen LogP contribution in [0.15, 0.2) is 23.8 Å². The minimum Gasteiger partial charge on any atom is -0.185 e. The first-order valence-corrected chi connectivity index (χ1v) is 5.57. The molecule has 4 heteroatoms. The lowest BCUT2D eigenvalue weighted by Crippen LogP contribution is -1.45. The molecule has 0 N–H and O–H groups in total. The molecule has 8 heavy (non-hydrogen) atoms. The summed E-state index contributed by atoms with van der Waals surface area (Å²) < 4.78 is 20.3. The molecule has 0 aromatic carbocycles. The Morgan fingerprint density at radius 2 is 1.62 bits per heavy atom. The second-order valence-corrected chi connectivity index (χ2v) is 5.71. The molecule has 0 saturated carbocycles. The standard InChI is InChI=1S/C4H5O2PS/c5-8(6)7-3-1-2-4-7/h1-4,7H. The Balaban J connectivity index is 3.29. The van der Waals surface area contributed by atoms with Gasteiger partial charge in [-0.1, -0.05) is 12.2 Å². The lowest BCUT2D eigenvalue weighted by molar-refractivity contribution is 0.628. The van der Waals surface area contributed by atoms with E-state index in [4.69, 9.17) is 0 Å². The van der Waals surface area contributed by atoms with Crippen LogP contribution in [0.5, 0.6) is 0 Å². The summed E-state index contributed by atoms with van der Waals surface area (Å²) in [7, 11) is -1.86. The molecule has 0 spiro atoms. The van der Waals surface area contributed by atoms with Crippen LogP contribution in [0.3, 0.4) is 0 Å². The fourth-order valence-electron chi connectivity index (χ4n) is 0.467. The van der Waals surface area contributed by atoms with Crippen molar-refractivity contribution >= 4 is 16.6 Å². The Morgan fingerprint density at radius 3 is 1.88 bits per heavy atom. The van der Waals surface area contributed by atoms with Crippen molar-refractivity contribution in [3.05, 3.63) is 23.8 Å². The summed E-state index contributed by atoms with van der Waals surface area (Å²) in [5.41, 5.74) is 0. The highest BCUT2D eigenvalue weighted by Crippen LogP contribution is 2.30. The van der Waals surface area contributed by atoms with E-state index in [0.29, 0.717) is 0 Å². The third-order valence-electron chi connectivity index (χ3n) is 0.825. The van der Waals surface area contributed by atoms with Crippen molar-refractivity contribution in [1.82, 2.24) is 0 Å². The minimum absolute atomic E-state index is 1.27. The van der Waals surface area contributed by atoms with Gasteiger partial charge in [-0.2, -0.15) is 8.42 Å². The molecular weight excluding hydrogens is 143 g/mol. The second kappa shape index (κ2) is 2.33. The maximum absolute atomic E-state index is 10.1. The zero-order valence-electron chi connectivity index (χ0n) is 4.03. The lowest BCUT2D eigenvalue weighted by Gasteiger charge is -1.71. The van der Waals surface area contributed by atoms with E-state index in [1.807, 2.05) is 0 Å². The van der Waals surface area contributed by atoms with Gasteiger partial charge in [-0.3, -0.25) is 0 Å². The van der Waals surface area contributed by atoms with Gasteiger partial charge in [0, 0.05) is 6.70 Å². The number of allylic oxidation sites excluding steroid dienone is 2. The molecule has 0 saturated heterocycles. The van der Waals surface area contributed by atoms with E-state index >= 15 is 0 Å². The third-order valence-corrected chi connectivity index (χ3v) is 4.22. The van der Waals surface area contributed by atoms with Gasteiger partial charge >= 0.3 is 0 Å². The first kappa shape index (κ1) is 5.86. The zero-order chi connectivity index (χ0) is 5.98. The fraction of sp³-hybridized carbons (Fsp3) is 0. The Labute approximate surface area is 49.5 Å². The smallest absolute Gasteiger partial charge is 0.185 e. The summed E-state index contributed by atoms with van der Waals surface area (Å²) in [5, 5.41) is 0. The van der Waals surface area contributed by atoms with Crippen molar-refractivity contribution in [3.8, 4) is 0 Å². The van der Waals surface area contributed by atoms with Gasteiger partial charge in [0.1, 0.15) is 0 Å². The van der Waals surface area contributed by atoms with Crippen molar-refractivity contribution < 1.29 is 8.42 Å². The van der Waals surface area contributed by atoms with Gasteiger partial charge in [-0.15, -0.1) is 0 Å². The molecule has 1 heterocycles. The molecule has 1 rings (SSSR count). The van der Waals surface area contributed by atoms with Gasteiger partial charge in [0.25, 0.3) is 0 Å². The van der Waals surface area contributed by atoms with E-state index in [1.54, 1.807) is 23.8 Å². The van der Waals surface area contributed by atoms with Crippen LogP contribution in [0.1, 0.15) is 0 Å². The van der Waals surface area contributed by atoms with E-state index in [1.165, 1.54) is 0 Å². The van der Waals surface area contributed by atoms with Crippen LogP contribution >= 0.6 is 6.70 Å². The van der Waals surface area contributed by atoms with Crippen molar-refractivity contribution in [1.29, 1.82) is 0 Å². The average molecular weight is 148 g/mol. The minimum atomic E-state index is -1.86. The molecule has 0 atom stereocenters. The maximum Gasteiger partial charge on any atom is 0.206 e. The van der Waals surface area contributed by atoms with Crippen molar-refractivity contribution in [2.24, 2.45) is 0 Å². The van der Waals surface area contributed by atoms with Crippen LogP contribution in [0, 0.1) is 0 Å². The van der Waals surface area contributed by atoms with E-state index in [2.05, 4.69) is 0 Å². The van der Waals surface area contributed by atoms with Gasteiger partial charge in [0.05, 0.1) is 0 Å². The van der Waals surface area contributed by atoms with E-state index < -0.39 is 16.6 Å². The molecule has 0 radical (unpaired) electrons. The normalized spacial score (nSPS) is 17.5. The third kappa shape index (κ3) is 1.11. The molecule has 0 aromatic rings. The summed E-state index contributed by atoms with van der Waals surface area (Å²) in [6.45, 7) is -1.27. The van der Waals surface area contributed by atoms with Gasteiger partial charge < -0.3 is 0 Å². The highest BCUT2D eigenvalue weighted by atomic mass is 32.5. The molecule has 0 amide bonds. The zero-order valence-corrected chi connectivity index (χ0v) is 5.85. The molecule has 1 aliphatic heterocycles. The number of hydrogen-bond acceptors (Lipinski definition) is 2. The van der Waals surface area contributed by atoms with E-state index in [-0.39, 0.29) is 0 Å². The van der Waals surface area contributed by atoms with Gasteiger partial charge in [0.2, 0.25) is 9.88 Å². The number of hydrogen-bond donors (Lipinski definition) is 0. The maximum atomic E-state index is 10.1. The SMILES string of the molecule is O=S(=O)=[PH]1C=CC=C1. The molecular formula is C4H5O2PS. The van der Waals surface area contributed by atoms with Gasteiger partial charge in [-0.25, -0.2) is 0 Å². The average Bonchev–Trinajstić information content (AvgIpc) is 2.12. The van der Waals surface area contributed by atoms with Crippen LogP contribution in [0.4, 0.5) is 0 Å². The van der Waals surface area contributed by atoms with Crippen LogP contribution in [0.25, 0.3) is 0 Å². The monoisotopic (exact) mass is 148 g/mol. The molecule has 0 aliphatic carbocycles. The topological polar surface area (TPSA) is 34.1 Å². The van der Waals surface area contributed by atoms with E-state index in [9.17, 15) is 8.42 Å². The van der Waals surface area contributed by atoms with Crippen molar-refractivity contribution in [2.75, 3.05) is 0 Å². The largest absolute Gasteiger partial charge is 0.206 e. The van der Waals surface area contributed by atoms with Crippen LogP contribution in [0.2, 0.25) is 0 Å². The molecule has 0 aromatic heterocycles. The molecule has 0 bridgehead atoms. The Morgan fingerprint density at radius 1 is 1.12 bits per heavy atom. The second-order valence-electron chi connectivity index (χ2n) is 1.36. The Kier molecular flexibility index (Phi) is 1.71. The van der Waals surface area contributed by atoms with Crippen LogP contribution < -0.4 is 0 Å². The van der Waals surface area contributed by atoms with Crippen molar-refractivity contribution in [3.63, 3.8) is 0 Å². The predicted molar refractivity (Wildman–Crippen MR) is 35.5 cm³/mol. The Hall–Kier alpha value is -0.270. The van der Waals surface area contributed by atoms with Crippen LogP contribution in [-0.4, -0.2) is 8.42 Å². The van der Waals surface area contributed by atoms with Crippen molar-refractivity contribution in [2.45, 2.75) is 0 Å². The molecule has 1 aliphatic rings. The fourth-order valence-corrected chi connectivity index (χ4v) is 2.54. The lowest BCUT2D eigenvalue weighted by atomic mass is 10.6. The highest BCUT2D eigenvalue weighted by Gasteiger charge is 1.89. The quantitative estimate of drug-likeness (QED) is 0.481. The summed E-state index contributed by atoms with van der Waals surface area (Å²) in [6.07, 6.45) is 3.54. The van der Waals surface area contributed by atoms with E-state index in [0.717, 1.165) is 0 Å². The molecule has 2 nitrogen and oxygen atoms in total. The Bertz CT molecular complexity index is 248. The molecule has 0 unspecified atom stereocenters. The highest BCUT2D eigenvalue weighted by molar-refractivity contribution is 8.14. The van der Waals surface area contributed by atoms with Gasteiger partial charge in [0.15, 0.2) is 0 Å². The molecule has 0 fully saturated rings. The predicted octanol–water partition coefficient (Wildman–Crippen LogP) is 1.04. The first-order chi connectivity index (χ1) is 3.80. The summed E-state index contributed by atoms with van der Waals surface area (Å²) >= 11 is 0. The summed E-state index contributed by atoms with van der Waals surface area (Å²) in [4.78, 5) is 0. The first-order valence-electron chi connectivity index (χ1n) is 2.11. The summed E-state index contributed by atoms with van der Waals surface area (Å²) in [5.74, 6) is 3.46. The van der Waals surface area contributed by atoms with Crippen LogP contribution in [-0.2, 0) is 9.88 Å². The number of rotatable bonds is 0.